The lowest BCUT2D eigenvalue weighted by Gasteiger charge is -2.50. The first-order chi connectivity index (χ1) is 18.3. The molecule has 5 N–H and O–H groups in total. The number of carbonyl (C=O) groups is 3. The lowest BCUT2D eigenvalue weighted by atomic mass is 9.58. The third-order valence-corrected chi connectivity index (χ3v) is 8.50. The number of halogens is 3. The van der Waals surface area contributed by atoms with Crippen molar-refractivity contribution in [2.24, 2.45) is 17.6 Å². The number of amides is 1. The monoisotopic (exact) mass is 589 g/mol. The summed E-state index contributed by atoms with van der Waals surface area (Å²) in [6.07, 6.45) is -0.351. The Morgan fingerprint density at radius 3 is 2.25 bits per heavy atom. The standard InChI is InChI=1S/C24H26F3N3O9S/c1-29(2)12-5-6-13(39-40(37,38)24(25,26)27)15-10(12)7-9-8-11-17(30(3)4)19(32)16(22(28)35)21(34)23(11,36)20(33)14(9)18(15)31/h5-6,9,11,17,32-33,36H,7-8H2,1-4H3,(H2,28,35)/t9-,11-,17-,23-/m0/s1. The largest absolute Gasteiger partial charge is 0.534 e. The fourth-order valence-electron chi connectivity index (χ4n) is 5.87. The topological polar surface area (TPSA) is 188 Å². The molecule has 0 aliphatic heterocycles. The minimum absolute atomic E-state index is 0.109. The average molecular weight is 590 g/mol. The van der Waals surface area contributed by atoms with Crippen LogP contribution in [0.4, 0.5) is 18.9 Å². The molecule has 4 rings (SSSR count). The van der Waals surface area contributed by atoms with Crippen LogP contribution in [0.25, 0.3) is 0 Å². The van der Waals surface area contributed by atoms with Crippen molar-refractivity contribution in [1.82, 2.24) is 4.90 Å². The zero-order chi connectivity index (χ0) is 30.3. The Kier molecular flexibility index (Phi) is 6.76. The molecule has 3 aliphatic rings. The molecule has 0 unspecified atom stereocenters. The number of benzene rings is 1. The van der Waals surface area contributed by atoms with Gasteiger partial charge in [-0.3, -0.25) is 19.3 Å². The van der Waals surface area contributed by atoms with E-state index < -0.39 is 90.6 Å². The Morgan fingerprint density at radius 1 is 1.15 bits per heavy atom. The molecule has 12 nitrogen and oxygen atoms in total. The number of nitrogens with two attached hydrogens (primary N) is 1. The lowest BCUT2D eigenvalue weighted by Crippen LogP contribution is -2.63. The molecule has 1 amide bonds. The number of likely N-dealkylation sites (N-methyl/N-ethyl adjacent to an activating group) is 1. The number of alkyl halides is 3. The van der Waals surface area contributed by atoms with Crippen LogP contribution in [0.1, 0.15) is 22.3 Å². The van der Waals surface area contributed by atoms with Gasteiger partial charge in [0.25, 0.3) is 5.91 Å². The van der Waals surface area contributed by atoms with E-state index in [1.165, 1.54) is 30.0 Å². The van der Waals surface area contributed by atoms with E-state index in [0.717, 1.165) is 6.07 Å². The van der Waals surface area contributed by atoms with Crippen molar-refractivity contribution in [3.63, 3.8) is 0 Å². The summed E-state index contributed by atoms with van der Waals surface area (Å²) in [7, 11) is -0.103. The van der Waals surface area contributed by atoms with E-state index in [9.17, 15) is 51.3 Å². The van der Waals surface area contributed by atoms with Crippen LogP contribution in [0.15, 0.2) is 34.8 Å². The number of primary amides is 1. The molecule has 0 aromatic heterocycles. The highest BCUT2D eigenvalue weighted by molar-refractivity contribution is 7.88. The molecule has 0 bridgehead atoms. The van der Waals surface area contributed by atoms with Crippen LogP contribution < -0.4 is 14.8 Å². The van der Waals surface area contributed by atoms with E-state index in [-0.39, 0.29) is 18.4 Å². The molecule has 1 aromatic carbocycles. The number of hydrogen-bond acceptors (Lipinski definition) is 11. The van der Waals surface area contributed by atoms with Crippen molar-refractivity contribution >= 4 is 33.3 Å². The summed E-state index contributed by atoms with van der Waals surface area (Å²) in [4.78, 5) is 42.1. The number of nitrogens with zero attached hydrogens (tertiary/aromatic N) is 2. The first kappa shape index (κ1) is 29.4. The maximum Gasteiger partial charge on any atom is 0.534 e. The molecule has 4 atom stereocenters. The second-order valence-electron chi connectivity index (χ2n) is 10.3. The Hall–Kier alpha value is -3.63. The number of rotatable bonds is 5. The molecule has 0 spiro atoms. The van der Waals surface area contributed by atoms with Gasteiger partial charge in [0.05, 0.1) is 11.6 Å². The first-order valence-electron chi connectivity index (χ1n) is 11.8. The maximum atomic E-state index is 13.8. The third-order valence-electron chi connectivity index (χ3n) is 7.53. The van der Waals surface area contributed by atoms with Gasteiger partial charge in [0, 0.05) is 31.3 Å². The Bertz CT molecular complexity index is 1510. The van der Waals surface area contributed by atoms with Gasteiger partial charge in [0.1, 0.15) is 17.1 Å². The summed E-state index contributed by atoms with van der Waals surface area (Å²) >= 11 is 0. The zero-order valence-corrected chi connectivity index (χ0v) is 22.4. The molecule has 0 radical (unpaired) electrons. The molecule has 16 heteroatoms. The van der Waals surface area contributed by atoms with Gasteiger partial charge in [-0.05, 0) is 50.6 Å². The smallest absolute Gasteiger partial charge is 0.510 e. The van der Waals surface area contributed by atoms with Gasteiger partial charge >= 0.3 is 15.6 Å². The van der Waals surface area contributed by atoms with Crippen LogP contribution in [-0.2, 0) is 26.1 Å². The van der Waals surface area contributed by atoms with Crippen molar-refractivity contribution in [3.8, 4) is 5.75 Å². The van der Waals surface area contributed by atoms with Gasteiger partial charge in [0.15, 0.2) is 17.1 Å². The number of carbonyl (C=O) groups excluding carboxylic acids is 3. The molecule has 0 fully saturated rings. The fraction of sp³-hybridized carbons (Fsp3) is 0.458. The van der Waals surface area contributed by atoms with Crippen LogP contribution >= 0.6 is 0 Å². The number of allylic oxidation sites excluding steroid dienone is 1. The molecule has 0 saturated heterocycles. The second-order valence-corrected chi connectivity index (χ2v) is 11.8. The SMILES string of the molecule is CN(C)c1ccc(OS(=O)(=O)C(F)(F)F)c2c1C[C@H]1C[C@H]3[C@H](N(C)C)C(O)=C(C(N)=O)C(=O)[C@@]3(O)C(O)=C1C2=O. The quantitative estimate of drug-likeness (QED) is 0.215. The van der Waals surface area contributed by atoms with Crippen LogP contribution in [0.5, 0.6) is 5.75 Å². The predicted octanol–water partition coefficient (Wildman–Crippen LogP) is 0.709. The molecule has 40 heavy (non-hydrogen) atoms. The summed E-state index contributed by atoms with van der Waals surface area (Å²) in [6, 6.07) is 0.917. The zero-order valence-electron chi connectivity index (χ0n) is 21.6. The van der Waals surface area contributed by atoms with Crippen molar-refractivity contribution in [2.45, 2.75) is 30.0 Å². The first-order valence-corrected chi connectivity index (χ1v) is 13.2. The molecule has 3 aliphatic carbocycles. The summed E-state index contributed by atoms with van der Waals surface area (Å²) in [5.41, 5.74) is -5.17. The van der Waals surface area contributed by atoms with E-state index in [1.807, 2.05) is 0 Å². The second kappa shape index (κ2) is 9.21. The van der Waals surface area contributed by atoms with E-state index in [4.69, 9.17) is 5.73 Å². The Morgan fingerprint density at radius 2 is 1.75 bits per heavy atom. The van der Waals surface area contributed by atoms with E-state index in [2.05, 4.69) is 4.18 Å². The van der Waals surface area contributed by atoms with Crippen LogP contribution in [0.2, 0.25) is 0 Å². The van der Waals surface area contributed by atoms with E-state index >= 15 is 0 Å². The summed E-state index contributed by atoms with van der Waals surface area (Å²) in [5.74, 6) is -9.12. The highest BCUT2D eigenvalue weighted by Gasteiger charge is 2.63. The molecule has 0 heterocycles. The number of aliphatic hydroxyl groups excluding tert-OH is 2. The Balaban J connectivity index is 1.98. The highest BCUT2D eigenvalue weighted by atomic mass is 32.2. The number of ketones is 2. The van der Waals surface area contributed by atoms with Crippen molar-refractivity contribution in [3.05, 3.63) is 45.9 Å². The highest BCUT2D eigenvalue weighted by Crippen LogP contribution is 2.53. The molecule has 0 saturated carbocycles. The summed E-state index contributed by atoms with van der Waals surface area (Å²) in [5, 5.41) is 33.7. The Labute approximate surface area is 226 Å². The van der Waals surface area contributed by atoms with Gasteiger partial charge in [-0.25, -0.2) is 0 Å². The normalized spacial score (nSPS) is 26.9. The number of Topliss-reactive ketones (excluding diaryl/α,β-unsaturated/α-hetero) is 2. The van der Waals surface area contributed by atoms with Crippen LogP contribution in [-0.4, -0.2) is 91.5 Å². The van der Waals surface area contributed by atoms with Gasteiger partial charge < -0.3 is 30.1 Å². The summed E-state index contributed by atoms with van der Waals surface area (Å²) in [6.45, 7) is 0. The number of aliphatic hydroxyl groups is 3. The van der Waals surface area contributed by atoms with Crippen LogP contribution in [0, 0.1) is 11.8 Å². The van der Waals surface area contributed by atoms with E-state index in [0.29, 0.717) is 5.69 Å². The van der Waals surface area contributed by atoms with Gasteiger partial charge in [-0.15, -0.1) is 0 Å². The number of hydrogen-bond donors (Lipinski definition) is 4. The van der Waals surface area contributed by atoms with Gasteiger partial charge in [0.2, 0.25) is 5.78 Å². The van der Waals surface area contributed by atoms with Gasteiger partial charge in [-0.1, -0.05) is 0 Å². The number of anilines is 1. The lowest BCUT2D eigenvalue weighted by molar-refractivity contribution is -0.148. The van der Waals surface area contributed by atoms with Crippen molar-refractivity contribution in [1.29, 1.82) is 0 Å². The number of fused-ring (bicyclic) bond motifs is 3. The molecular weight excluding hydrogens is 563 g/mol. The van der Waals surface area contributed by atoms with Crippen molar-refractivity contribution in [2.75, 3.05) is 33.1 Å². The molecule has 1 aromatic rings. The summed E-state index contributed by atoms with van der Waals surface area (Å²) < 4.78 is 67.2. The van der Waals surface area contributed by atoms with E-state index in [1.54, 1.807) is 14.1 Å². The minimum atomic E-state index is -6.20. The predicted molar refractivity (Wildman–Crippen MR) is 132 cm³/mol. The third kappa shape index (κ3) is 4.04. The van der Waals surface area contributed by atoms with Crippen LogP contribution in [0.3, 0.4) is 0 Å². The fourth-order valence-corrected chi connectivity index (χ4v) is 6.34. The minimum Gasteiger partial charge on any atom is -0.510 e. The molecule has 218 valence electrons. The van der Waals surface area contributed by atoms with Gasteiger partial charge in [-0.2, -0.15) is 21.6 Å². The average Bonchev–Trinajstić information content (AvgIpc) is 2.79. The van der Waals surface area contributed by atoms with Crippen molar-refractivity contribution < 1.29 is 55.5 Å². The molecular formula is C24H26F3N3O9S. The maximum absolute atomic E-state index is 13.8.